The lowest BCUT2D eigenvalue weighted by molar-refractivity contribution is -0.137. The molecule has 1 aliphatic heterocycles. The summed E-state index contributed by atoms with van der Waals surface area (Å²) in [5.41, 5.74) is 0. The molecule has 0 aromatic heterocycles. The number of nitrogens with zero attached hydrogens (tertiary/aromatic N) is 1. The monoisotopic (exact) mass is 173 g/mol. The summed E-state index contributed by atoms with van der Waals surface area (Å²) in [6.07, 6.45) is 1.56. The van der Waals surface area contributed by atoms with Gasteiger partial charge in [0.15, 0.2) is 0 Å². The summed E-state index contributed by atoms with van der Waals surface area (Å²) in [6, 6.07) is 0. The molecule has 4 nitrogen and oxygen atoms in total. The SMILES string of the molecule is CO[C@@H]1CCN(CCC(=O)O)C1. The van der Waals surface area contributed by atoms with Crippen LogP contribution in [0.4, 0.5) is 0 Å². The highest BCUT2D eigenvalue weighted by molar-refractivity contribution is 5.66. The first kappa shape index (κ1) is 9.48. The summed E-state index contributed by atoms with van der Waals surface area (Å²) in [5.74, 6) is -0.726. The third-order valence-corrected chi connectivity index (χ3v) is 2.20. The van der Waals surface area contributed by atoms with Crippen molar-refractivity contribution in [2.24, 2.45) is 0 Å². The predicted molar refractivity (Wildman–Crippen MR) is 44.1 cm³/mol. The van der Waals surface area contributed by atoms with Crippen molar-refractivity contribution in [1.82, 2.24) is 4.90 Å². The van der Waals surface area contributed by atoms with Crippen molar-refractivity contribution in [2.75, 3.05) is 26.7 Å². The first-order valence-corrected chi connectivity index (χ1v) is 4.19. The third kappa shape index (κ3) is 2.79. The van der Waals surface area contributed by atoms with E-state index in [4.69, 9.17) is 9.84 Å². The molecule has 0 saturated carbocycles. The van der Waals surface area contributed by atoms with Crippen LogP contribution in [0.3, 0.4) is 0 Å². The lowest BCUT2D eigenvalue weighted by Crippen LogP contribution is -2.25. The Bertz CT molecular complexity index is 160. The van der Waals surface area contributed by atoms with Crippen molar-refractivity contribution in [2.45, 2.75) is 18.9 Å². The molecular formula is C8H15NO3. The molecule has 4 heteroatoms. The van der Waals surface area contributed by atoms with E-state index in [-0.39, 0.29) is 6.42 Å². The van der Waals surface area contributed by atoms with Crippen molar-refractivity contribution in [3.8, 4) is 0 Å². The quantitative estimate of drug-likeness (QED) is 0.659. The number of carboxylic acid groups (broad SMARTS) is 1. The minimum atomic E-state index is -0.726. The van der Waals surface area contributed by atoms with Gasteiger partial charge >= 0.3 is 5.97 Å². The van der Waals surface area contributed by atoms with E-state index in [2.05, 4.69) is 4.90 Å². The average molecular weight is 173 g/mol. The molecule has 1 N–H and O–H groups in total. The zero-order valence-electron chi connectivity index (χ0n) is 7.32. The lowest BCUT2D eigenvalue weighted by atomic mass is 10.3. The maximum Gasteiger partial charge on any atom is 0.304 e. The second-order valence-electron chi connectivity index (χ2n) is 3.09. The Hall–Kier alpha value is -0.610. The predicted octanol–water partition coefficient (Wildman–Crippen LogP) is 0.182. The molecule has 0 spiro atoms. The zero-order chi connectivity index (χ0) is 8.97. The maximum atomic E-state index is 10.2. The second kappa shape index (κ2) is 4.42. The molecule has 0 unspecified atom stereocenters. The van der Waals surface area contributed by atoms with Crippen LogP contribution in [0.2, 0.25) is 0 Å². The molecule has 1 aliphatic rings. The number of carbonyl (C=O) groups is 1. The van der Waals surface area contributed by atoms with Gasteiger partial charge in [-0.25, -0.2) is 0 Å². The average Bonchev–Trinajstić information content (AvgIpc) is 2.48. The van der Waals surface area contributed by atoms with E-state index >= 15 is 0 Å². The van der Waals surface area contributed by atoms with Crippen LogP contribution in [0.1, 0.15) is 12.8 Å². The smallest absolute Gasteiger partial charge is 0.304 e. The van der Waals surface area contributed by atoms with E-state index in [0.29, 0.717) is 12.6 Å². The van der Waals surface area contributed by atoms with Crippen LogP contribution in [0, 0.1) is 0 Å². The highest BCUT2D eigenvalue weighted by atomic mass is 16.5. The Morgan fingerprint density at radius 3 is 3.00 bits per heavy atom. The fraction of sp³-hybridized carbons (Fsp3) is 0.875. The fourth-order valence-corrected chi connectivity index (χ4v) is 1.45. The van der Waals surface area contributed by atoms with E-state index < -0.39 is 5.97 Å². The summed E-state index contributed by atoms with van der Waals surface area (Å²) in [5, 5.41) is 8.44. The number of methoxy groups -OCH3 is 1. The van der Waals surface area contributed by atoms with Gasteiger partial charge in [-0.05, 0) is 6.42 Å². The van der Waals surface area contributed by atoms with Gasteiger partial charge < -0.3 is 14.7 Å². The summed E-state index contributed by atoms with van der Waals surface area (Å²) >= 11 is 0. The van der Waals surface area contributed by atoms with Gasteiger partial charge in [0.05, 0.1) is 12.5 Å². The topological polar surface area (TPSA) is 49.8 Å². The van der Waals surface area contributed by atoms with Crippen molar-refractivity contribution in [3.05, 3.63) is 0 Å². The largest absolute Gasteiger partial charge is 0.481 e. The van der Waals surface area contributed by atoms with Crippen LogP contribution < -0.4 is 0 Å². The third-order valence-electron chi connectivity index (χ3n) is 2.20. The molecule has 12 heavy (non-hydrogen) atoms. The molecule has 1 fully saturated rings. The van der Waals surface area contributed by atoms with Crippen LogP contribution in [0.25, 0.3) is 0 Å². The number of hydrogen-bond donors (Lipinski definition) is 1. The summed E-state index contributed by atoms with van der Waals surface area (Å²) in [4.78, 5) is 12.4. The Morgan fingerprint density at radius 2 is 2.50 bits per heavy atom. The summed E-state index contributed by atoms with van der Waals surface area (Å²) in [6.45, 7) is 2.49. The highest BCUT2D eigenvalue weighted by Crippen LogP contribution is 2.11. The molecule has 0 aromatic rings. The van der Waals surface area contributed by atoms with Crippen LogP contribution in [-0.2, 0) is 9.53 Å². The molecular weight excluding hydrogens is 158 g/mol. The normalized spacial score (nSPS) is 24.6. The van der Waals surface area contributed by atoms with Crippen LogP contribution in [0.5, 0.6) is 0 Å². The van der Waals surface area contributed by atoms with Gasteiger partial charge in [-0.1, -0.05) is 0 Å². The molecule has 0 bridgehead atoms. The summed E-state index contributed by atoms with van der Waals surface area (Å²) < 4.78 is 5.16. The number of likely N-dealkylation sites (tertiary alicyclic amines) is 1. The Kier molecular flexibility index (Phi) is 3.49. The summed E-state index contributed by atoms with van der Waals surface area (Å²) in [7, 11) is 1.70. The first-order valence-electron chi connectivity index (χ1n) is 4.19. The van der Waals surface area contributed by atoms with Gasteiger partial charge in [-0.2, -0.15) is 0 Å². The minimum absolute atomic E-state index is 0.233. The van der Waals surface area contributed by atoms with Crippen molar-refractivity contribution in [1.29, 1.82) is 0 Å². The number of carboxylic acids is 1. The van der Waals surface area contributed by atoms with Gasteiger partial charge in [0.1, 0.15) is 0 Å². The first-order chi connectivity index (χ1) is 5.72. The van der Waals surface area contributed by atoms with Crippen molar-refractivity contribution in [3.63, 3.8) is 0 Å². The molecule has 1 atom stereocenters. The van der Waals surface area contributed by atoms with Crippen molar-refractivity contribution >= 4 is 5.97 Å². The number of ether oxygens (including phenoxy) is 1. The van der Waals surface area contributed by atoms with Gasteiger partial charge in [0, 0.05) is 26.7 Å². The molecule has 70 valence electrons. The lowest BCUT2D eigenvalue weighted by Gasteiger charge is -2.13. The van der Waals surface area contributed by atoms with Crippen molar-refractivity contribution < 1.29 is 14.6 Å². The van der Waals surface area contributed by atoms with Gasteiger partial charge in [0.2, 0.25) is 0 Å². The van der Waals surface area contributed by atoms with Gasteiger partial charge in [0.25, 0.3) is 0 Å². The number of aliphatic carboxylic acids is 1. The molecule has 1 rings (SSSR count). The molecule has 0 amide bonds. The van der Waals surface area contributed by atoms with Gasteiger partial charge in [-0.15, -0.1) is 0 Å². The van der Waals surface area contributed by atoms with Crippen LogP contribution in [-0.4, -0.2) is 48.8 Å². The van der Waals surface area contributed by atoms with E-state index in [1.54, 1.807) is 7.11 Å². The molecule has 0 aromatic carbocycles. The molecule has 1 saturated heterocycles. The fourth-order valence-electron chi connectivity index (χ4n) is 1.45. The van der Waals surface area contributed by atoms with E-state index in [1.807, 2.05) is 0 Å². The molecule has 1 heterocycles. The molecule has 0 radical (unpaired) electrons. The van der Waals surface area contributed by atoms with E-state index in [0.717, 1.165) is 19.5 Å². The van der Waals surface area contributed by atoms with Crippen LogP contribution >= 0.6 is 0 Å². The Labute approximate surface area is 72.1 Å². The van der Waals surface area contributed by atoms with E-state index in [1.165, 1.54) is 0 Å². The highest BCUT2D eigenvalue weighted by Gasteiger charge is 2.21. The molecule has 0 aliphatic carbocycles. The Morgan fingerprint density at radius 1 is 1.75 bits per heavy atom. The van der Waals surface area contributed by atoms with E-state index in [9.17, 15) is 4.79 Å². The number of rotatable bonds is 4. The van der Waals surface area contributed by atoms with Gasteiger partial charge in [-0.3, -0.25) is 4.79 Å². The van der Waals surface area contributed by atoms with Crippen LogP contribution in [0.15, 0.2) is 0 Å². The zero-order valence-corrected chi connectivity index (χ0v) is 7.32. The minimum Gasteiger partial charge on any atom is -0.481 e. The standard InChI is InChI=1S/C8H15NO3/c1-12-7-2-4-9(6-7)5-3-8(10)11/h7H,2-6H2,1H3,(H,10,11)/t7-/m1/s1. The Balaban J connectivity index is 2.15. The number of hydrogen-bond acceptors (Lipinski definition) is 3. The maximum absolute atomic E-state index is 10.2. The second-order valence-corrected chi connectivity index (χ2v) is 3.09.